The van der Waals surface area contributed by atoms with Gasteiger partial charge in [-0.2, -0.15) is 17.0 Å². The van der Waals surface area contributed by atoms with Gasteiger partial charge in [0.15, 0.2) is 0 Å². The van der Waals surface area contributed by atoms with Crippen molar-refractivity contribution in [2.45, 2.75) is 12.8 Å². The second-order valence-corrected chi connectivity index (χ2v) is 2.60. The molecule has 0 bridgehead atoms. The van der Waals surface area contributed by atoms with Crippen molar-refractivity contribution < 1.29 is 4.79 Å². The van der Waals surface area contributed by atoms with Crippen molar-refractivity contribution in [1.82, 2.24) is 0 Å². The summed E-state index contributed by atoms with van der Waals surface area (Å²) in [5.41, 5.74) is 0. The zero-order chi connectivity index (χ0) is 7.11. The van der Waals surface area contributed by atoms with Gasteiger partial charge in [-0.15, -0.1) is 0 Å². The predicted molar refractivity (Wildman–Crippen MR) is 38.2 cm³/mol. The van der Waals surface area contributed by atoms with Crippen LogP contribution in [0.3, 0.4) is 0 Å². The highest BCUT2D eigenvalue weighted by Gasteiger charge is 1.97. The fourth-order valence-electron chi connectivity index (χ4n) is 0.392. The molecule has 0 saturated heterocycles. The first-order chi connectivity index (χ1) is 4.31. The van der Waals surface area contributed by atoms with Gasteiger partial charge in [0.25, 0.3) is 0 Å². The third-order valence-corrected chi connectivity index (χ3v) is 1.47. The Morgan fingerprint density at radius 2 is 2.44 bits per heavy atom. The van der Waals surface area contributed by atoms with Gasteiger partial charge in [-0.05, 0) is 12.0 Å². The van der Waals surface area contributed by atoms with Crippen LogP contribution in [0.5, 0.6) is 0 Å². The number of hydrogen-bond donors (Lipinski definition) is 0. The second-order valence-electron chi connectivity index (χ2n) is 1.62. The van der Waals surface area contributed by atoms with Crippen LogP contribution in [-0.4, -0.2) is 17.8 Å². The molecule has 0 unspecified atom stereocenters. The fraction of sp³-hybridized carbons (Fsp3) is 0.667. The third-order valence-electron chi connectivity index (χ3n) is 0.861. The van der Waals surface area contributed by atoms with Crippen molar-refractivity contribution in [3.8, 4) is 6.07 Å². The Morgan fingerprint density at radius 1 is 1.78 bits per heavy atom. The van der Waals surface area contributed by atoms with Crippen LogP contribution in [-0.2, 0) is 4.79 Å². The number of Topliss-reactive ketones (excluding diaryl/α,β-unsaturated/α-hetero) is 1. The highest BCUT2D eigenvalue weighted by molar-refractivity contribution is 7.98. The molecule has 0 amide bonds. The van der Waals surface area contributed by atoms with E-state index in [1.54, 1.807) is 11.8 Å². The van der Waals surface area contributed by atoms with E-state index in [1.807, 2.05) is 12.3 Å². The van der Waals surface area contributed by atoms with Crippen LogP contribution in [0.15, 0.2) is 0 Å². The summed E-state index contributed by atoms with van der Waals surface area (Å²) in [5, 5.41) is 8.06. The summed E-state index contributed by atoms with van der Waals surface area (Å²) in [5.74, 6) is 0.882. The van der Waals surface area contributed by atoms with E-state index in [4.69, 9.17) is 5.26 Å². The lowest BCUT2D eigenvalue weighted by Gasteiger charge is -1.90. The van der Waals surface area contributed by atoms with E-state index in [1.165, 1.54) is 0 Å². The van der Waals surface area contributed by atoms with Gasteiger partial charge in [0.1, 0.15) is 5.78 Å². The average Bonchev–Trinajstić information content (AvgIpc) is 1.85. The van der Waals surface area contributed by atoms with E-state index in [9.17, 15) is 4.79 Å². The Kier molecular flexibility index (Phi) is 5.34. The highest BCUT2D eigenvalue weighted by atomic mass is 32.2. The van der Waals surface area contributed by atoms with Gasteiger partial charge in [-0.25, -0.2) is 0 Å². The average molecular weight is 143 g/mol. The minimum Gasteiger partial charge on any atom is -0.299 e. The Hall–Kier alpha value is -0.490. The van der Waals surface area contributed by atoms with Crippen molar-refractivity contribution in [2.75, 3.05) is 12.0 Å². The largest absolute Gasteiger partial charge is 0.299 e. The van der Waals surface area contributed by atoms with Crippen molar-refractivity contribution in [3.05, 3.63) is 0 Å². The molecule has 0 N–H and O–H groups in total. The number of rotatable bonds is 4. The first-order valence-corrected chi connectivity index (χ1v) is 4.08. The summed E-state index contributed by atoms with van der Waals surface area (Å²) < 4.78 is 0. The van der Waals surface area contributed by atoms with Crippen molar-refractivity contribution >= 4 is 17.5 Å². The lowest BCUT2D eigenvalue weighted by Crippen LogP contribution is -1.96. The number of thioether (sulfide) groups is 1. The van der Waals surface area contributed by atoms with Crippen molar-refractivity contribution in [2.24, 2.45) is 0 Å². The van der Waals surface area contributed by atoms with Crippen LogP contribution < -0.4 is 0 Å². The first kappa shape index (κ1) is 8.51. The van der Waals surface area contributed by atoms with E-state index >= 15 is 0 Å². The number of hydrogen-bond acceptors (Lipinski definition) is 3. The van der Waals surface area contributed by atoms with Gasteiger partial charge >= 0.3 is 0 Å². The van der Waals surface area contributed by atoms with Gasteiger partial charge in [-0.1, -0.05) is 0 Å². The molecule has 50 valence electrons. The number of nitrogens with zero attached hydrogens (tertiary/aromatic N) is 1. The van der Waals surface area contributed by atoms with Crippen molar-refractivity contribution in [3.63, 3.8) is 0 Å². The monoisotopic (exact) mass is 143 g/mol. The number of carbonyl (C=O) groups is 1. The van der Waals surface area contributed by atoms with Crippen LogP contribution in [0.2, 0.25) is 0 Å². The van der Waals surface area contributed by atoms with E-state index in [-0.39, 0.29) is 12.2 Å². The summed E-state index contributed by atoms with van der Waals surface area (Å²) in [4.78, 5) is 10.6. The molecular weight excluding hydrogens is 134 g/mol. The molecule has 0 saturated carbocycles. The maximum absolute atomic E-state index is 10.6. The van der Waals surface area contributed by atoms with Gasteiger partial charge in [-0.3, -0.25) is 4.79 Å². The Balaban J connectivity index is 3.19. The second kappa shape index (κ2) is 5.64. The van der Waals surface area contributed by atoms with Crippen LogP contribution in [0.25, 0.3) is 0 Å². The normalized spacial score (nSPS) is 8.44. The molecule has 0 aromatic carbocycles. The first-order valence-electron chi connectivity index (χ1n) is 2.69. The molecule has 0 fully saturated rings. The Labute approximate surface area is 59.2 Å². The number of nitriles is 1. The van der Waals surface area contributed by atoms with Crippen LogP contribution >= 0.6 is 11.8 Å². The molecule has 2 nitrogen and oxygen atoms in total. The van der Waals surface area contributed by atoms with Crippen molar-refractivity contribution in [1.29, 1.82) is 5.26 Å². The smallest absolute Gasteiger partial charge is 0.147 e. The van der Waals surface area contributed by atoms with E-state index in [0.29, 0.717) is 6.42 Å². The maximum atomic E-state index is 10.6. The standard InChI is InChI=1S/C6H9NOS/c1-9-5-3-6(8)2-4-7/h2-3,5H2,1H3. The SMILES string of the molecule is CSCCC(=O)CC#N. The molecule has 0 aromatic rings. The molecule has 0 radical (unpaired) electrons. The Morgan fingerprint density at radius 3 is 2.89 bits per heavy atom. The molecule has 0 atom stereocenters. The maximum Gasteiger partial charge on any atom is 0.147 e. The minimum absolute atomic E-state index is 0.0480. The molecule has 0 rings (SSSR count). The molecule has 0 aliphatic heterocycles. The number of carbonyl (C=O) groups excluding carboxylic acids is 1. The van der Waals surface area contributed by atoms with Crippen LogP contribution in [0.4, 0.5) is 0 Å². The summed E-state index contributed by atoms with van der Waals surface area (Å²) in [6, 6.07) is 1.82. The molecule has 0 aromatic heterocycles. The molecule has 0 aliphatic carbocycles. The summed E-state index contributed by atoms with van der Waals surface area (Å²) >= 11 is 1.63. The molecular formula is C6H9NOS. The van der Waals surface area contributed by atoms with Gasteiger partial charge in [0.2, 0.25) is 0 Å². The van der Waals surface area contributed by atoms with Crippen LogP contribution in [0, 0.1) is 11.3 Å². The molecule has 3 heteroatoms. The van der Waals surface area contributed by atoms with Gasteiger partial charge in [0.05, 0.1) is 12.5 Å². The Bertz CT molecular complexity index is 128. The predicted octanol–water partition coefficient (Wildman–Crippen LogP) is 1.22. The summed E-state index contributed by atoms with van der Waals surface area (Å²) in [6.45, 7) is 0. The zero-order valence-corrected chi connectivity index (χ0v) is 6.20. The summed E-state index contributed by atoms with van der Waals surface area (Å²) in [7, 11) is 0. The minimum atomic E-state index is 0.0480. The third kappa shape index (κ3) is 5.38. The highest BCUT2D eigenvalue weighted by Crippen LogP contribution is 1.97. The van der Waals surface area contributed by atoms with E-state index in [2.05, 4.69) is 0 Å². The van der Waals surface area contributed by atoms with E-state index < -0.39 is 0 Å². The molecule has 0 aliphatic rings. The number of ketones is 1. The van der Waals surface area contributed by atoms with Gasteiger partial charge < -0.3 is 0 Å². The zero-order valence-electron chi connectivity index (χ0n) is 5.39. The van der Waals surface area contributed by atoms with E-state index in [0.717, 1.165) is 5.75 Å². The molecule has 9 heavy (non-hydrogen) atoms. The summed E-state index contributed by atoms with van der Waals surface area (Å²) in [6.07, 6.45) is 2.55. The molecule has 0 spiro atoms. The fourth-order valence-corrected chi connectivity index (χ4v) is 0.824. The lowest BCUT2D eigenvalue weighted by atomic mass is 10.2. The van der Waals surface area contributed by atoms with Crippen LogP contribution in [0.1, 0.15) is 12.8 Å². The quantitative estimate of drug-likeness (QED) is 0.594. The van der Waals surface area contributed by atoms with Gasteiger partial charge in [0, 0.05) is 6.42 Å². The topological polar surface area (TPSA) is 40.9 Å². The lowest BCUT2D eigenvalue weighted by molar-refractivity contribution is -0.117. The molecule has 0 heterocycles.